The van der Waals surface area contributed by atoms with Crippen LogP contribution in [-0.4, -0.2) is 21.7 Å². The Hall–Kier alpha value is -1.54. The molecule has 0 unspecified atom stereocenters. The average molecular weight is 428 g/mol. The van der Waals surface area contributed by atoms with Crippen LogP contribution in [0.15, 0.2) is 34.2 Å². The Bertz CT molecular complexity index is 1050. The zero-order valence-electron chi connectivity index (χ0n) is 14.0. The van der Waals surface area contributed by atoms with E-state index in [0.29, 0.717) is 31.1 Å². The van der Waals surface area contributed by atoms with Gasteiger partial charge in [-0.2, -0.15) is 0 Å². The van der Waals surface area contributed by atoms with Crippen molar-refractivity contribution in [3.63, 3.8) is 0 Å². The predicted octanol–water partition coefficient (Wildman–Crippen LogP) is 4.69. The summed E-state index contributed by atoms with van der Waals surface area (Å²) >= 11 is 14.8. The van der Waals surface area contributed by atoms with Crippen LogP contribution in [0, 0.1) is 0 Å². The predicted molar refractivity (Wildman–Crippen MR) is 110 cm³/mol. The quantitative estimate of drug-likeness (QED) is 0.473. The van der Waals surface area contributed by atoms with Gasteiger partial charge in [0.1, 0.15) is 11.4 Å². The van der Waals surface area contributed by atoms with Crippen molar-refractivity contribution >= 4 is 68.1 Å². The molecule has 0 saturated carbocycles. The molecule has 0 fully saturated rings. The number of anilines is 1. The number of amides is 1. The maximum Gasteiger partial charge on any atom is 0.263 e. The van der Waals surface area contributed by atoms with Crippen LogP contribution in [0.4, 0.5) is 5.69 Å². The molecule has 1 N–H and O–H groups in total. The average Bonchev–Trinajstić information content (AvgIpc) is 3.04. The van der Waals surface area contributed by atoms with Crippen LogP contribution in [0.25, 0.3) is 10.2 Å². The van der Waals surface area contributed by atoms with Gasteiger partial charge in [-0.05, 0) is 36.9 Å². The molecule has 0 saturated heterocycles. The van der Waals surface area contributed by atoms with E-state index in [1.807, 2.05) is 19.2 Å². The Morgan fingerprint density at radius 3 is 2.81 bits per heavy atom. The number of nitrogens with one attached hydrogen (secondary N) is 1. The van der Waals surface area contributed by atoms with Crippen LogP contribution in [0.5, 0.6) is 0 Å². The number of nitrogens with zero attached hydrogens (tertiary/aromatic N) is 2. The van der Waals surface area contributed by atoms with Gasteiger partial charge >= 0.3 is 0 Å². The van der Waals surface area contributed by atoms with Gasteiger partial charge in [0.25, 0.3) is 5.56 Å². The molecule has 1 aromatic carbocycles. The van der Waals surface area contributed by atoms with E-state index in [0.717, 1.165) is 11.3 Å². The number of carbonyl (C=O) groups excluding carboxylic acids is 1. The molecule has 3 rings (SSSR count). The number of carbonyl (C=O) groups is 1. The van der Waals surface area contributed by atoms with Crippen molar-refractivity contribution < 1.29 is 4.79 Å². The number of aryl methyl sites for hydroxylation is 1. The molecular formula is C17H15Cl2N3O2S2. The summed E-state index contributed by atoms with van der Waals surface area (Å²) in [4.78, 5) is 31.6. The topological polar surface area (TPSA) is 64.0 Å². The number of hydrogen-bond acceptors (Lipinski definition) is 5. The summed E-state index contributed by atoms with van der Waals surface area (Å²) < 4.78 is 1.38. The second-order valence-electron chi connectivity index (χ2n) is 5.45. The summed E-state index contributed by atoms with van der Waals surface area (Å²) in [5.74, 6) is -0.376. The maximum atomic E-state index is 12.8. The molecule has 9 heteroatoms. The zero-order chi connectivity index (χ0) is 18.8. The van der Waals surface area contributed by atoms with Crippen molar-refractivity contribution in [1.82, 2.24) is 9.55 Å². The third-order valence-electron chi connectivity index (χ3n) is 3.70. The standard InChI is InChI=1S/C17H15Cl2N3O2S2/c1-3-10-7-11-15(26-10)21-17(25-2)22(16(11)24)8-14(23)20-13-6-9(18)4-5-12(13)19/h4-7H,3,8H2,1-2H3,(H,20,23). The lowest BCUT2D eigenvalue weighted by atomic mass is 10.3. The van der Waals surface area contributed by atoms with E-state index in [9.17, 15) is 9.59 Å². The largest absolute Gasteiger partial charge is 0.323 e. The Morgan fingerprint density at radius 2 is 2.12 bits per heavy atom. The SMILES string of the molecule is CCc1cc2c(=O)n(CC(=O)Nc3cc(Cl)ccc3Cl)c(SC)nc2s1. The van der Waals surface area contributed by atoms with E-state index in [2.05, 4.69) is 10.3 Å². The highest BCUT2D eigenvalue weighted by Crippen LogP contribution is 2.26. The number of halogens is 2. The fourth-order valence-electron chi connectivity index (χ4n) is 2.44. The van der Waals surface area contributed by atoms with Gasteiger partial charge in [-0.3, -0.25) is 14.2 Å². The van der Waals surface area contributed by atoms with Crippen LogP contribution in [-0.2, 0) is 17.8 Å². The molecule has 3 aromatic rings. The molecule has 26 heavy (non-hydrogen) atoms. The highest BCUT2D eigenvalue weighted by atomic mass is 35.5. The molecule has 5 nitrogen and oxygen atoms in total. The fourth-order valence-corrected chi connectivity index (χ4v) is 4.35. The molecule has 0 bridgehead atoms. The summed E-state index contributed by atoms with van der Waals surface area (Å²) in [6, 6.07) is 6.65. The van der Waals surface area contributed by atoms with Crippen LogP contribution < -0.4 is 10.9 Å². The van der Waals surface area contributed by atoms with Crippen LogP contribution in [0.1, 0.15) is 11.8 Å². The van der Waals surface area contributed by atoms with Gasteiger partial charge in [-0.15, -0.1) is 11.3 Å². The van der Waals surface area contributed by atoms with Crippen molar-refractivity contribution in [3.8, 4) is 0 Å². The van der Waals surface area contributed by atoms with Gasteiger partial charge in [0, 0.05) is 9.90 Å². The number of fused-ring (bicyclic) bond motifs is 1. The second-order valence-corrected chi connectivity index (χ2v) is 8.18. The lowest BCUT2D eigenvalue weighted by Crippen LogP contribution is -2.29. The second kappa shape index (κ2) is 8.00. The van der Waals surface area contributed by atoms with Gasteiger partial charge < -0.3 is 5.32 Å². The first kappa shape index (κ1) is 19.2. The van der Waals surface area contributed by atoms with Gasteiger partial charge in [-0.1, -0.05) is 41.9 Å². The molecule has 0 spiro atoms. The van der Waals surface area contributed by atoms with E-state index in [1.165, 1.54) is 27.7 Å². The van der Waals surface area contributed by atoms with E-state index in [4.69, 9.17) is 23.2 Å². The summed E-state index contributed by atoms with van der Waals surface area (Å²) in [6.07, 6.45) is 2.66. The molecule has 2 heterocycles. The molecule has 0 radical (unpaired) electrons. The van der Waals surface area contributed by atoms with Crippen molar-refractivity contribution in [2.75, 3.05) is 11.6 Å². The highest BCUT2D eigenvalue weighted by Gasteiger charge is 2.16. The molecule has 1 amide bonds. The number of hydrogen-bond donors (Lipinski definition) is 1. The molecule has 0 aliphatic rings. The smallest absolute Gasteiger partial charge is 0.263 e. The van der Waals surface area contributed by atoms with Crippen molar-refractivity contribution in [3.05, 3.63) is 49.5 Å². The fraction of sp³-hybridized carbons (Fsp3) is 0.235. The maximum absolute atomic E-state index is 12.8. The molecule has 2 aromatic heterocycles. The number of rotatable bonds is 5. The van der Waals surface area contributed by atoms with Gasteiger partial charge in [-0.25, -0.2) is 4.98 Å². The summed E-state index contributed by atoms with van der Waals surface area (Å²) in [5, 5.41) is 4.57. The first-order valence-corrected chi connectivity index (χ1v) is 10.5. The minimum Gasteiger partial charge on any atom is -0.323 e. The minimum atomic E-state index is -0.376. The molecule has 0 aliphatic carbocycles. The Labute approximate surface area is 168 Å². The first-order chi connectivity index (χ1) is 12.4. The third-order valence-corrected chi connectivity index (χ3v) is 6.12. The summed E-state index contributed by atoms with van der Waals surface area (Å²) in [6.45, 7) is 1.87. The van der Waals surface area contributed by atoms with Gasteiger partial charge in [0.05, 0.1) is 16.1 Å². The molecular weight excluding hydrogens is 413 g/mol. The number of aromatic nitrogens is 2. The number of thioether (sulfide) groups is 1. The monoisotopic (exact) mass is 427 g/mol. The van der Waals surface area contributed by atoms with Crippen molar-refractivity contribution in [2.24, 2.45) is 0 Å². The molecule has 136 valence electrons. The van der Waals surface area contributed by atoms with Crippen molar-refractivity contribution in [2.45, 2.75) is 25.0 Å². The lowest BCUT2D eigenvalue weighted by molar-refractivity contribution is -0.116. The minimum absolute atomic E-state index is 0.155. The highest BCUT2D eigenvalue weighted by molar-refractivity contribution is 7.98. The van der Waals surface area contributed by atoms with Crippen LogP contribution >= 0.6 is 46.3 Å². The van der Waals surface area contributed by atoms with Crippen LogP contribution in [0.3, 0.4) is 0 Å². The number of thiophene rings is 1. The van der Waals surface area contributed by atoms with Crippen LogP contribution in [0.2, 0.25) is 10.0 Å². The van der Waals surface area contributed by atoms with E-state index < -0.39 is 0 Å². The van der Waals surface area contributed by atoms with Crippen molar-refractivity contribution in [1.29, 1.82) is 0 Å². The van der Waals surface area contributed by atoms with Gasteiger partial charge in [0.2, 0.25) is 5.91 Å². The lowest BCUT2D eigenvalue weighted by Gasteiger charge is -2.12. The first-order valence-electron chi connectivity index (χ1n) is 7.75. The van der Waals surface area contributed by atoms with Gasteiger partial charge in [0.15, 0.2) is 5.16 Å². The zero-order valence-corrected chi connectivity index (χ0v) is 17.2. The normalized spacial score (nSPS) is 11.1. The Morgan fingerprint density at radius 1 is 1.35 bits per heavy atom. The van der Waals surface area contributed by atoms with E-state index in [-0.39, 0.29) is 18.0 Å². The Balaban J connectivity index is 1.94. The summed E-state index contributed by atoms with van der Waals surface area (Å²) in [5.41, 5.74) is 0.184. The Kier molecular flexibility index (Phi) is 5.92. The van der Waals surface area contributed by atoms with E-state index >= 15 is 0 Å². The summed E-state index contributed by atoms with van der Waals surface area (Å²) in [7, 11) is 0. The molecule has 0 aliphatic heterocycles. The third kappa shape index (κ3) is 3.91. The molecule has 0 atom stereocenters. The number of benzene rings is 1. The van der Waals surface area contributed by atoms with E-state index in [1.54, 1.807) is 18.2 Å².